The second kappa shape index (κ2) is 12.4. The van der Waals surface area contributed by atoms with Crippen molar-refractivity contribution >= 4 is 34.5 Å². The fraction of sp³-hybridized carbons (Fsp3) is 0.476. The van der Waals surface area contributed by atoms with Crippen molar-refractivity contribution < 1.29 is 30.3 Å². The summed E-state index contributed by atoms with van der Waals surface area (Å²) in [6.45, 7) is 25.7. The number of rotatable bonds is 14. The second-order valence-electron chi connectivity index (χ2n) is 8.68. The molecule has 0 bridgehead atoms. The Balaban J connectivity index is 0.00000841. The highest BCUT2D eigenvalue weighted by Crippen LogP contribution is 2.30. The Morgan fingerprint density at radius 2 is 1.20 bits per heavy atom. The summed E-state index contributed by atoms with van der Waals surface area (Å²) in [5.41, 5.74) is 4.75. The Labute approximate surface area is 195 Å². The highest BCUT2D eigenvalue weighted by atomic mass is 35.5. The van der Waals surface area contributed by atoms with Crippen LogP contribution in [0.3, 0.4) is 0 Å². The Kier molecular flexibility index (Phi) is 12.2. The third-order valence-electron chi connectivity index (χ3n) is 4.38. The number of halogens is 1. The van der Waals surface area contributed by atoms with E-state index in [0.29, 0.717) is 9.52 Å². The molecule has 30 heavy (non-hydrogen) atoms. The van der Waals surface area contributed by atoms with Gasteiger partial charge in [0, 0.05) is 18.6 Å². The molecule has 0 aliphatic carbocycles. The predicted octanol–water partition coefficient (Wildman–Crippen LogP) is 1.94. The monoisotopic (exact) mass is 499 g/mol. The van der Waals surface area contributed by atoms with E-state index in [0.717, 1.165) is 19.0 Å². The highest BCUT2D eigenvalue weighted by molar-refractivity contribution is 6.79. The average molecular weight is 500 g/mol. The molecule has 1 aromatic rings. The minimum absolute atomic E-state index is 0. The first-order valence-electron chi connectivity index (χ1n) is 10.1. The molecular weight excluding hydrogens is 462 g/mol. The van der Waals surface area contributed by atoms with E-state index in [-0.39, 0.29) is 12.4 Å². The molecule has 2 radical (unpaired) electrons. The molecule has 0 N–H and O–H groups in total. The fourth-order valence-electron chi connectivity index (χ4n) is 2.42. The number of hydrogen-bond acceptors (Lipinski definition) is 3. The summed E-state index contributed by atoms with van der Waals surface area (Å²) >= 11 is 0. The zero-order chi connectivity index (χ0) is 22.2. The normalized spacial score (nSPS) is 12.7. The first-order chi connectivity index (χ1) is 13.4. The topological polar surface area (TPSA) is 31.6 Å². The quantitative estimate of drug-likeness (QED) is 0.170. The Hall–Kier alpha value is -0.592. The summed E-state index contributed by atoms with van der Waals surface area (Å²) < 4.78 is 22.2. The molecule has 4 nitrogen and oxygen atoms in total. The van der Waals surface area contributed by atoms with Crippen LogP contribution in [-0.2, 0) is 19.8 Å². The lowest BCUT2D eigenvalue weighted by atomic mass is 10.4. The van der Waals surface area contributed by atoms with Crippen LogP contribution in [0.5, 0.6) is 0 Å². The van der Waals surface area contributed by atoms with Gasteiger partial charge >= 0.3 is 0 Å². The molecule has 0 atom stereocenters. The Morgan fingerprint density at radius 1 is 0.800 bits per heavy atom. The van der Waals surface area contributed by atoms with Crippen LogP contribution >= 0.6 is 0 Å². The molecule has 0 aliphatic heterocycles. The number of nitrogens with zero attached hydrogens (tertiary/aromatic N) is 1. The summed E-state index contributed by atoms with van der Waals surface area (Å²) in [7, 11) is -6.16. The van der Waals surface area contributed by atoms with E-state index in [1.807, 2.05) is 23.2 Å². The van der Waals surface area contributed by atoms with Gasteiger partial charge in [-0.1, -0.05) is 23.2 Å². The van der Waals surface area contributed by atoms with E-state index in [1.165, 1.54) is 0 Å². The van der Waals surface area contributed by atoms with E-state index in [9.17, 15) is 0 Å². The van der Waals surface area contributed by atoms with Crippen LogP contribution in [-0.4, -0.2) is 40.1 Å². The molecular formula is C21H38ClNO3Si4. The lowest BCUT2D eigenvalue weighted by Gasteiger charge is -2.45. The molecule has 0 aliphatic rings. The lowest BCUT2D eigenvalue weighted by Crippen LogP contribution is -3.00. The van der Waals surface area contributed by atoms with Gasteiger partial charge in [-0.2, -0.15) is 0 Å². The van der Waals surface area contributed by atoms with Crippen molar-refractivity contribution in [3.8, 4) is 0 Å². The largest absolute Gasteiger partial charge is 1.00 e. The van der Waals surface area contributed by atoms with E-state index in [2.05, 4.69) is 88.1 Å². The third kappa shape index (κ3) is 10.6. The van der Waals surface area contributed by atoms with Crippen LogP contribution in [0, 0.1) is 0 Å². The fourth-order valence-corrected chi connectivity index (χ4v) is 9.12. The van der Waals surface area contributed by atoms with Crippen molar-refractivity contribution in [3.05, 3.63) is 67.4 Å². The molecule has 0 amide bonds. The molecule has 0 saturated carbocycles. The van der Waals surface area contributed by atoms with Crippen LogP contribution in [0.15, 0.2) is 67.4 Å². The summed E-state index contributed by atoms with van der Waals surface area (Å²) in [5.74, 6) is 0. The van der Waals surface area contributed by atoms with Crippen molar-refractivity contribution in [1.82, 2.24) is 0 Å². The standard InChI is InChI=1S/C21H38NO3Si4.ClH/c1-10-27(4,5)23-21(24-28(6,7)11-2,25-29(8,9)12-3)26-20-16-19-22-17-14-13-15-18-22;/h10-15,17-18H,1-3,16,19-20H2,4-9H3;1H/q+1;/p-1. The molecule has 1 heterocycles. The zero-order valence-electron chi connectivity index (χ0n) is 19.4. The molecule has 0 fully saturated rings. The van der Waals surface area contributed by atoms with Crippen molar-refractivity contribution in [2.75, 3.05) is 0 Å². The van der Waals surface area contributed by atoms with E-state index in [1.54, 1.807) is 0 Å². The van der Waals surface area contributed by atoms with E-state index >= 15 is 0 Å². The van der Waals surface area contributed by atoms with Crippen molar-refractivity contribution in [3.63, 3.8) is 0 Å². The van der Waals surface area contributed by atoms with Gasteiger partial charge in [-0.3, -0.25) is 0 Å². The van der Waals surface area contributed by atoms with Gasteiger partial charge in [0.2, 0.25) is 30.5 Å². The smallest absolute Gasteiger partial charge is 0.224 e. The number of aromatic nitrogens is 1. The maximum absolute atomic E-state index is 6.66. The van der Waals surface area contributed by atoms with E-state index < -0.39 is 30.5 Å². The predicted molar refractivity (Wildman–Crippen MR) is 131 cm³/mol. The maximum Gasteiger partial charge on any atom is 0.224 e. The third-order valence-corrected chi connectivity index (χ3v) is 11.7. The maximum atomic E-state index is 6.66. The van der Waals surface area contributed by atoms with Gasteiger partial charge in [0.1, 0.15) is 6.54 Å². The zero-order valence-corrected chi connectivity index (χ0v) is 24.2. The van der Waals surface area contributed by atoms with Crippen LogP contribution in [0.25, 0.3) is 0 Å². The van der Waals surface area contributed by atoms with Gasteiger partial charge < -0.3 is 25.7 Å². The molecule has 168 valence electrons. The van der Waals surface area contributed by atoms with Crippen molar-refractivity contribution in [1.29, 1.82) is 0 Å². The second-order valence-corrected chi connectivity index (χ2v) is 21.6. The molecule has 0 spiro atoms. The molecule has 0 unspecified atom stereocenters. The van der Waals surface area contributed by atoms with Gasteiger partial charge in [0.15, 0.2) is 21.9 Å². The number of aryl methyl sites for hydroxylation is 1. The minimum Gasteiger partial charge on any atom is -1.00 e. The van der Waals surface area contributed by atoms with Gasteiger partial charge in [-0.25, -0.2) is 4.57 Å². The van der Waals surface area contributed by atoms with Gasteiger partial charge in [-0.05, 0) is 45.3 Å². The molecule has 1 rings (SSSR count). The summed E-state index contributed by atoms with van der Waals surface area (Å²) in [5, 5.41) is 0. The van der Waals surface area contributed by atoms with Crippen molar-refractivity contribution in [2.24, 2.45) is 0 Å². The first-order valence-corrected chi connectivity index (χ1v) is 20.2. The van der Waals surface area contributed by atoms with Crippen LogP contribution in [0.1, 0.15) is 6.42 Å². The van der Waals surface area contributed by atoms with Gasteiger partial charge in [0.05, 0.1) is 0 Å². The SMILES string of the molecule is C=C[Si](C)(C)OC(O[Si](C)(C)C=C)(O[Si](C)(C)C=C)[Si]CCC[n+]1ccccc1.[Cl-]. The highest BCUT2D eigenvalue weighted by Gasteiger charge is 2.46. The lowest BCUT2D eigenvalue weighted by molar-refractivity contribution is -0.696. The number of hydrogen-bond donors (Lipinski definition) is 0. The first kappa shape index (κ1) is 29.4. The van der Waals surface area contributed by atoms with Crippen LogP contribution < -0.4 is 17.0 Å². The average Bonchev–Trinajstić information content (AvgIpc) is 2.65. The van der Waals surface area contributed by atoms with Gasteiger partial charge in [-0.15, -0.1) is 19.7 Å². The Bertz CT molecular complexity index is 629. The summed E-state index contributed by atoms with van der Waals surface area (Å²) in [6, 6.07) is 7.09. The molecule has 9 heteroatoms. The number of pyridine rings is 1. The minimum atomic E-state index is -2.17. The summed E-state index contributed by atoms with van der Waals surface area (Å²) in [6.07, 6.45) is 5.21. The summed E-state index contributed by atoms with van der Waals surface area (Å²) in [4.78, 5) is 0. The Morgan fingerprint density at radius 3 is 1.57 bits per heavy atom. The van der Waals surface area contributed by atoms with Gasteiger partial charge in [0.25, 0.3) is 0 Å². The molecule has 0 aromatic carbocycles. The molecule has 1 aromatic heterocycles. The van der Waals surface area contributed by atoms with Crippen molar-refractivity contribution in [2.45, 2.75) is 63.9 Å². The van der Waals surface area contributed by atoms with E-state index in [4.69, 9.17) is 13.3 Å². The molecule has 0 saturated heterocycles. The van der Waals surface area contributed by atoms with Crippen LogP contribution in [0.2, 0.25) is 45.3 Å². The van der Waals surface area contributed by atoms with Crippen LogP contribution in [0.4, 0.5) is 0 Å².